The third kappa shape index (κ3) is 3.42. The van der Waals surface area contributed by atoms with Crippen molar-refractivity contribution < 1.29 is 46.1 Å². The van der Waals surface area contributed by atoms with E-state index in [1.807, 2.05) is 0 Å². The lowest BCUT2D eigenvalue weighted by Gasteiger charge is -2.45. The maximum Gasteiger partial charge on any atom is 0.437 e. The molecule has 1 aromatic carbocycles. The number of aliphatic hydroxyl groups is 1. The second-order valence-electron chi connectivity index (χ2n) is 5.82. The van der Waals surface area contributed by atoms with E-state index < -0.39 is 58.8 Å². The Kier molecular flexibility index (Phi) is 4.87. The van der Waals surface area contributed by atoms with E-state index in [-0.39, 0.29) is 0 Å². The van der Waals surface area contributed by atoms with E-state index in [0.29, 0.717) is 24.3 Å². The van der Waals surface area contributed by atoms with Crippen LogP contribution in [-0.2, 0) is 15.8 Å². The fourth-order valence-electron chi connectivity index (χ4n) is 2.96. The summed E-state index contributed by atoms with van der Waals surface area (Å²) in [5.74, 6) is -10.6. The summed E-state index contributed by atoms with van der Waals surface area (Å²) in [7, 11) is 0. The van der Waals surface area contributed by atoms with Crippen molar-refractivity contribution in [3.05, 3.63) is 35.4 Å². The molecule has 1 saturated heterocycles. The number of carbonyl (C=O) groups excluding carboxylic acids is 1. The van der Waals surface area contributed by atoms with Crippen molar-refractivity contribution in [2.24, 2.45) is 11.8 Å². The monoisotopic (exact) mass is 396 g/mol. The number of carbonyl (C=O) groups is 2. The molecule has 4 unspecified atom stereocenters. The first-order chi connectivity index (χ1) is 12.2. The highest BCUT2D eigenvalue weighted by atomic mass is 19.4. The number of amides is 1. The molecule has 0 bridgehead atoms. The van der Waals surface area contributed by atoms with Gasteiger partial charge in [-0.05, 0) is 17.7 Å². The number of nitriles is 1. The average Bonchev–Trinajstić information content (AvgIpc) is 2.52. The summed E-state index contributed by atoms with van der Waals surface area (Å²) in [5, 5.41) is 29.4. The van der Waals surface area contributed by atoms with Gasteiger partial charge in [-0.25, -0.2) is 0 Å². The van der Waals surface area contributed by atoms with Crippen molar-refractivity contribution in [1.82, 2.24) is 5.32 Å². The minimum absolute atomic E-state index is 0.445. The van der Waals surface area contributed by atoms with Gasteiger partial charge in [0.1, 0.15) is 11.8 Å². The van der Waals surface area contributed by atoms with Crippen molar-refractivity contribution in [1.29, 1.82) is 5.26 Å². The molecule has 1 aromatic rings. The van der Waals surface area contributed by atoms with Gasteiger partial charge in [0, 0.05) is 5.92 Å². The number of piperidine rings is 1. The van der Waals surface area contributed by atoms with Gasteiger partial charge in [0.2, 0.25) is 11.6 Å². The molecule has 0 radical (unpaired) electrons. The Morgan fingerprint density at radius 1 is 1.15 bits per heavy atom. The number of rotatable bonds is 2. The Bertz CT molecular complexity index is 799. The van der Waals surface area contributed by atoms with Crippen LogP contribution in [0.1, 0.15) is 17.0 Å². The molecule has 3 N–H and O–H groups in total. The zero-order chi connectivity index (χ0) is 20.8. The van der Waals surface area contributed by atoms with Crippen molar-refractivity contribution in [3.8, 4) is 6.07 Å². The fourth-order valence-corrected chi connectivity index (χ4v) is 2.96. The molecule has 1 aliphatic heterocycles. The molecule has 1 fully saturated rings. The Morgan fingerprint density at radius 2 is 1.67 bits per heavy atom. The van der Waals surface area contributed by atoms with Crippen LogP contribution < -0.4 is 5.32 Å². The summed E-state index contributed by atoms with van der Waals surface area (Å²) in [6.45, 7) is 0. The van der Waals surface area contributed by atoms with Crippen LogP contribution in [-0.4, -0.2) is 34.0 Å². The van der Waals surface area contributed by atoms with Crippen LogP contribution in [0, 0.1) is 23.2 Å². The van der Waals surface area contributed by atoms with Crippen LogP contribution in [0.15, 0.2) is 24.3 Å². The molecule has 27 heavy (non-hydrogen) atoms. The summed E-state index contributed by atoms with van der Waals surface area (Å²) in [5.41, 5.74) is -5.83. The number of carboxylic acids is 1. The molecule has 6 nitrogen and oxygen atoms in total. The topological polar surface area (TPSA) is 110 Å². The van der Waals surface area contributed by atoms with Crippen LogP contribution in [0.2, 0.25) is 0 Å². The van der Waals surface area contributed by atoms with Gasteiger partial charge in [-0.3, -0.25) is 9.59 Å². The lowest BCUT2D eigenvalue weighted by molar-refractivity contribution is -0.297. The van der Waals surface area contributed by atoms with Crippen molar-refractivity contribution in [2.75, 3.05) is 0 Å². The SMILES string of the molecule is N#CC1C(=O)NC(O)(C(F)(F)F)C(C(=O)O)C1c1ccc(C(F)(F)F)cc1. The minimum atomic E-state index is -5.63. The highest BCUT2D eigenvalue weighted by Crippen LogP contribution is 2.48. The summed E-state index contributed by atoms with van der Waals surface area (Å²) >= 11 is 0. The second-order valence-corrected chi connectivity index (χ2v) is 5.82. The molecule has 1 aliphatic rings. The third-order valence-corrected chi connectivity index (χ3v) is 4.22. The lowest BCUT2D eigenvalue weighted by Crippen LogP contribution is -2.71. The number of benzene rings is 1. The number of hydrogen-bond donors (Lipinski definition) is 3. The second kappa shape index (κ2) is 6.41. The maximum atomic E-state index is 13.3. The predicted molar refractivity (Wildman–Crippen MR) is 73.6 cm³/mol. The molecule has 4 atom stereocenters. The number of halogens is 6. The van der Waals surface area contributed by atoms with E-state index in [2.05, 4.69) is 0 Å². The molecule has 0 aromatic heterocycles. The molecule has 2 rings (SSSR count). The first kappa shape index (κ1) is 20.5. The van der Waals surface area contributed by atoms with Gasteiger partial charge in [0.25, 0.3) is 0 Å². The summed E-state index contributed by atoms with van der Waals surface area (Å²) < 4.78 is 77.8. The van der Waals surface area contributed by atoms with Gasteiger partial charge >= 0.3 is 18.3 Å². The van der Waals surface area contributed by atoms with E-state index in [0.717, 1.165) is 5.32 Å². The fraction of sp³-hybridized carbons (Fsp3) is 0.400. The Hall–Kier alpha value is -2.81. The molecule has 0 spiro atoms. The van der Waals surface area contributed by atoms with Crippen LogP contribution in [0.4, 0.5) is 26.3 Å². The average molecular weight is 396 g/mol. The number of carboxylic acid groups (broad SMARTS) is 1. The van der Waals surface area contributed by atoms with Crippen molar-refractivity contribution in [3.63, 3.8) is 0 Å². The van der Waals surface area contributed by atoms with Crippen molar-refractivity contribution >= 4 is 11.9 Å². The van der Waals surface area contributed by atoms with E-state index >= 15 is 0 Å². The van der Waals surface area contributed by atoms with E-state index in [1.54, 1.807) is 0 Å². The number of aliphatic carboxylic acids is 1. The molecule has 1 amide bonds. The Labute approximate surface area is 147 Å². The molecule has 0 aliphatic carbocycles. The van der Waals surface area contributed by atoms with Crippen LogP contribution in [0.5, 0.6) is 0 Å². The molecule has 146 valence electrons. The van der Waals surface area contributed by atoms with Crippen molar-refractivity contribution in [2.45, 2.75) is 24.0 Å². The molecule has 0 saturated carbocycles. The van der Waals surface area contributed by atoms with Gasteiger partial charge in [0.15, 0.2) is 0 Å². The molecule has 12 heteroatoms. The van der Waals surface area contributed by atoms with E-state index in [9.17, 15) is 46.1 Å². The van der Waals surface area contributed by atoms with Gasteiger partial charge < -0.3 is 15.5 Å². The van der Waals surface area contributed by atoms with Crippen LogP contribution in [0.25, 0.3) is 0 Å². The predicted octanol–water partition coefficient (Wildman–Crippen LogP) is 2.01. The quantitative estimate of drug-likeness (QED) is 0.663. The zero-order valence-corrected chi connectivity index (χ0v) is 13.0. The zero-order valence-electron chi connectivity index (χ0n) is 13.0. The van der Waals surface area contributed by atoms with Crippen LogP contribution in [0.3, 0.4) is 0 Å². The Balaban J connectivity index is 2.65. The van der Waals surface area contributed by atoms with Gasteiger partial charge in [0.05, 0.1) is 11.6 Å². The molecule has 1 heterocycles. The molecular formula is C15H10F6N2O4. The Morgan fingerprint density at radius 3 is 2.04 bits per heavy atom. The largest absolute Gasteiger partial charge is 0.481 e. The van der Waals surface area contributed by atoms with Gasteiger partial charge in [-0.15, -0.1) is 0 Å². The highest BCUT2D eigenvalue weighted by molar-refractivity contribution is 5.88. The molecular weight excluding hydrogens is 386 g/mol. The summed E-state index contributed by atoms with van der Waals surface area (Å²) in [6, 6.07) is 3.63. The number of hydrogen-bond acceptors (Lipinski definition) is 4. The van der Waals surface area contributed by atoms with E-state index in [4.69, 9.17) is 5.26 Å². The highest BCUT2D eigenvalue weighted by Gasteiger charge is 2.68. The smallest absolute Gasteiger partial charge is 0.437 e. The lowest BCUT2D eigenvalue weighted by atomic mass is 9.69. The number of alkyl halides is 6. The van der Waals surface area contributed by atoms with Gasteiger partial charge in [-0.2, -0.15) is 31.6 Å². The van der Waals surface area contributed by atoms with Gasteiger partial charge in [-0.1, -0.05) is 12.1 Å². The number of nitrogens with zero attached hydrogens (tertiary/aromatic N) is 1. The first-order valence-corrected chi connectivity index (χ1v) is 7.14. The van der Waals surface area contributed by atoms with E-state index in [1.165, 1.54) is 6.07 Å². The third-order valence-electron chi connectivity index (χ3n) is 4.22. The van der Waals surface area contributed by atoms with Crippen LogP contribution >= 0.6 is 0 Å². The normalized spacial score (nSPS) is 29.0. The summed E-state index contributed by atoms with van der Waals surface area (Å²) in [4.78, 5) is 23.4. The first-order valence-electron chi connectivity index (χ1n) is 7.14. The number of nitrogens with one attached hydrogen (secondary N) is 1. The minimum Gasteiger partial charge on any atom is -0.481 e. The summed E-state index contributed by atoms with van der Waals surface area (Å²) in [6.07, 6.45) is -10.4. The standard InChI is InChI=1S/C15H10F6N2O4/c16-14(17,18)7-3-1-6(2-4-7)9-8(5-22)11(24)23-13(27,15(19,20)21)10(9)12(25)26/h1-4,8-10,27H,(H,23,24)(H,25,26). The maximum absolute atomic E-state index is 13.3.